The van der Waals surface area contributed by atoms with Gasteiger partial charge in [-0.2, -0.15) is 11.8 Å². The van der Waals surface area contributed by atoms with Crippen LogP contribution in [0.2, 0.25) is 0 Å². The predicted octanol–water partition coefficient (Wildman–Crippen LogP) is 5.32. The lowest BCUT2D eigenvalue weighted by atomic mass is 10.0. The normalized spacial score (nSPS) is 11.9. The maximum Gasteiger partial charge on any atom is 0.305 e. The summed E-state index contributed by atoms with van der Waals surface area (Å²) in [5.41, 5.74) is 0. The van der Waals surface area contributed by atoms with E-state index in [-0.39, 0.29) is 30.4 Å². The zero-order valence-corrected chi connectivity index (χ0v) is 26.5. The van der Waals surface area contributed by atoms with Crippen LogP contribution >= 0.6 is 11.8 Å². The van der Waals surface area contributed by atoms with Crippen LogP contribution in [0.1, 0.15) is 124 Å². The van der Waals surface area contributed by atoms with Crippen LogP contribution in [0, 0.1) is 0 Å². The number of rotatable bonds is 26. The molecule has 0 fully saturated rings. The molecule has 10 heteroatoms. The monoisotopic (exact) mass is 590 g/mol. The zero-order valence-electron chi connectivity index (χ0n) is 25.7. The average Bonchev–Trinajstić information content (AvgIpc) is 2.94. The Morgan fingerprint density at radius 1 is 0.825 bits per heavy atom. The van der Waals surface area contributed by atoms with Crippen molar-refractivity contribution in [3.63, 3.8) is 0 Å². The number of ether oxygens (including phenoxy) is 2. The van der Waals surface area contributed by atoms with Gasteiger partial charge in [0.15, 0.2) is 0 Å². The quantitative estimate of drug-likeness (QED) is 0.0701. The molecule has 236 valence electrons. The minimum Gasteiger partial charge on any atom is -0.471 e. The Balaban J connectivity index is 0. The number of hydrogen-bond donors (Lipinski definition) is 3. The number of carbonyl (C=O) groups is 4. The van der Waals surface area contributed by atoms with Crippen LogP contribution in [0.3, 0.4) is 0 Å². The van der Waals surface area contributed by atoms with Gasteiger partial charge in [-0.1, -0.05) is 90.9 Å². The van der Waals surface area contributed by atoms with Crippen molar-refractivity contribution in [3.8, 4) is 0 Å². The van der Waals surface area contributed by atoms with E-state index in [9.17, 15) is 14.4 Å². The van der Waals surface area contributed by atoms with Gasteiger partial charge >= 0.3 is 5.97 Å². The summed E-state index contributed by atoms with van der Waals surface area (Å²) in [5, 5.41) is 14.6. The Bertz CT molecular complexity index is 623. The number of unbranched alkanes of at least 4 members (excludes halogenated alkanes) is 12. The van der Waals surface area contributed by atoms with E-state index in [0.717, 1.165) is 12.8 Å². The maximum atomic E-state index is 12.4. The van der Waals surface area contributed by atoms with Gasteiger partial charge in [-0.3, -0.25) is 19.2 Å². The first-order chi connectivity index (χ1) is 19.4. The van der Waals surface area contributed by atoms with Crippen LogP contribution in [-0.4, -0.2) is 73.3 Å². The topological polar surface area (TPSA) is 131 Å². The van der Waals surface area contributed by atoms with Crippen LogP contribution < -0.4 is 10.6 Å². The second-order valence-electron chi connectivity index (χ2n) is 10.1. The Labute approximate surface area is 247 Å². The molecule has 0 spiro atoms. The summed E-state index contributed by atoms with van der Waals surface area (Å²) in [6, 6.07) is -1.05. The second-order valence-corrected chi connectivity index (χ2v) is 11.2. The highest BCUT2D eigenvalue weighted by molar-refractivity contribution is 7.99. The number of amides is 2. The smallest absolute Gasteiger partial charge is 0.305 e. The van der Waals surface area contributed by atoms with Gasteiger partial charge in [0, 0.05) is 30.4 Å². The second kappa shape index (κ2) is 31.7. The lowest BCUT2D eigenvalue weighted by Gasteiger charge is -2.20. The number of hydrogen-bond acceptors (Lipinski definition) is 8. The summed E-state index contributed by atoms with van der Waals surface area (Å²) < 4.78 is 9.17. The van der Waals surface area contributed by atoms with E-state index in [1.54, 1.807) is 6.92 Å². The van der Waals surface area contributed by atoms with Crippen molar-refractivity contribution in [2.24, 2.45) is 0 Å². The van der Waals surface area contributed by atoms with Crippen molar-refractivity contribution in [2.45, 2.75) is 136 Å². The summed E-state index contributed by atoms with van der Waals surface area (Å²) in [5.74, 6) is 0.302. The third kappa shape index (κ3) is 29.2. The molecule has 0 heterocycles. The van der Waals surface area contributed by atoms with Gasteiger partial charge in [-0.15, -0.1) is 0 Å². The van der Waals surface area contributed by atoms with E-state index < -0.39 is 6.04 Å². The van der Waals surface area contributed by atoms with Crippen LogP contribution in [0.15, 0.2) is 0 Å². The molecule has 0 aliphatic heterocycles. The Morgan fingerprint density at radius 2 is 1.35 bits per heavy atom. The summed E-state index contributed by atoms with van der Waals surface area (Å²) in [6.45, 7) is 6.37. The number of carbonyl (C=O) groups excluding carboxylic acids is 4. The van der Waals surface area contributed by atoms with Gasteiger partial charge in [0.25, 0.3) is 6.47 Å². The van der Waals surface area contributed by atoms with E-state index >= 15 is 0 Å². The molecule has 3 N–H and O–H groups in total. The van der Waals surface area contributed by atoms with Crippen LogP contribution in [0.25, 0.3) is 0 Å². The molecule has 0 bridgehead atoms. The first-order valence-electron chi connectivity index (χ1n) is 15.3. The molecule has 0 saturated heterocycles. The van der Waals surface area contributed by atoms with Crippen molar-refractivity contribution in [2.75, 3.05) is 31.8 Å². The first-order valence-corrected chi connectivity index (χ1v) is 16.4. The van der Waals surface area contributed by atoms with Crippen molar-refractivity contribution < 1.29 is 33.8 Å². The van der Waals surface area contributed by atoms with Crippen LogP contribution in [0.5, 0.6) is 0 Å². The van der Waals surface area contributed by atoms with E-state index in [1.807, 2.05) is 6.92 Å². The molecule has 0 aromatic heterocycles. The largest absolute Gasteiger partial charge is 0.471 e. The molecule has 0 aromatic rings. The summed E-state index contributed by atoms with van der Waals surface area (Å²) in [7, 11) is 1.31. The molecule has 40 heavy (non-hydrogen) atoms. The summed E-state index contributed by atoms with van der Waals surface area (Å²) in [6.07, 6.45) is 18.1. The number of thioether (sulfide) groups is 1. The highest BCUT2D eigenvalue weighted by Gasteiger charge is 2.21. The lowest BCUT2D eigenvalue weighted by Crippen LogP contribution is -2.51. The fraction of sp³-hybridized carbons (Fsp3) is 0.867. The molecule has 0 aliphatic rings. The van der Waals surface area contributed by atoms with Gasteiger partial charge in [0.05, 0.1) is 13.7 Å². The average molecular weight is 591 g/mol. The molecule has 2 atom stereocenters. The zero-order chi connectivity index (χ0) is 30.3. The summed E-state index contributed by atoms with van der Waals surface area (Å²) >= 11 is 1.46. The molecule has 0 aliphatic carbocycles. The van der Waals surface area contributed by atoms with Crippen LogP contribution in [0.4, 0.5) is 0 Å². The molecular formula is C30H58N2O7S. The van der Waals surface area contributed by atoms with Gasteiger partial charge in [-0.05, 0) is 19.8 Å². The van der Waals surface area contributed by atoms with Gasteiger partial charge in [0.2, 0.25) is 11.8 Å². The van der Waals surface area contributed by atoms with E-state index in [1.165, 1.54) is 89.5 Å². The highest BCUT2D eigenvalue weighted by Crippen LogP contribution is 2.13. The fourth-order valence-corrected chi connectivity index (χ4v) is 4.68. The Morgan fingerprint density at radius 3 is 1.82 bits per heavy atom. The third-order valence-corrected chi connectivity index (χ3v) is 7.17. The molecule has 2 unspecified atom stereocenters. The standard InChI is InChI=1S/C28H54N2O5S.C2H4O2/c1-4-6-7-8-9-10-11-12-13-14-15-16-17-19-27(33)35-20-21-36-23-25(30-26(32)18-5-2)28(34)29-24(3)22-31;1-4-2-3/h24-25,31H,4-23H2,1-3H3,(H,29,34)(H,30,32);2H,1H3. The molecular weight excluding hydrogens is 532 g/mol. The van der Waals surface area contributed by atoms with E-state index in [0.29, 0.717) is 43.8 Å². The minimum atomic E-state index is -0.676. The van der Waals surface area contributed by atoms with Gasteiger partial charge in [0.1, 0.15) is 12.6 Å². The molecule has 9 nitrogen and oxygen atoms in total. The molecule has 0 saturated carbocycles. The van der Waals surface area contributed by atoms with E-state index in [4.69, 9.17) is 14.6 Å². The fourth-order valence-electron chi connectivity index (χ4n) is 3.84. The predicted molar refractivity (Wildman–Crippen MR) is 163 cm³/mol. The van der Waals surface area contributed by atoms with Gasteiger partial charge < -0.3 is 25.2 Å². The number of aliphatic hydroxyl groups excluding tert-OH is 1. The Kier molecular flexibility index (Phi) is 32.0. The number of methoxy groups -OCH3 is 1. The van der Waals surface area contributed by atoms with Gasteiger partial charge in [-0.25, -0.2) is 0 Å². The first kappa shape index (κ1) is 40.3. The number of esters is 1. The molecule has 0 aromatic carbocycles. The Hall–Kier alpha value is -1.81. The minimum absolute atomic E-state index is 0.163. The SMILES string of the molecule is CCCCCCCCCCCCCCCC(=O)OCCSCC(NC(=O)CCC)C(=O)NC(C)CO.COC=O. The summed E-state index contributed by atoms with van der Waals surface area (Å²) in [4.78, 5) is 45.2. The number of nitrogens with one attached hydrogen (secondary N) is 2. The molecule has 0 rings (SSSR count). The van der Waals surface area contributed by atoms with Crippen molar-refractivity contribution in [3.05, 3.63) is 0 Å². The molecule has 0 radical (unpaired) electrons. The lowest BCUT2D eigenvalue weighted by molar-refractivity contribution is -0.143. The van der Waals surface area contributed by atoms with E-state index in [2.05, 4.69) is 22.3 Å². The van der Waals surface area contributed by atoms with Crippen molar-refractivity contribution >= 4 is 36.0 Å². The highest BCUT2D eigenvalue weighted by atomic mass is 32.2. The maximum absolute atomic E-state index is 12.4. The third-order valence-electron chi connectivity index (χ3n) is 6.15. The molecule has 2 amide bonds. The number of aliphatic hydroxyl groups is 1. The van der Waals surface area contributed by atoms with Crippen molar-refractivity contribution in [1.29, 1.82) is 0 Å². The van der Waals surface area contributed by atoms with Crippen molar-refractivity contribution in [1.82, 2.24) is 10.6 Å². The van der Waals surface area contributed by atoms with Crippen LogP contribution in [-0.2, 0) is 28.7 Å².